The van der Waals surface area contributed by atoms with E-state index < -0.39 is 0 Å². The zero-order valence-corrected chi connectivity index (χ0v) is 12.2. The number of ether oxygens (including phenoxy) is 1. The predicted octanol–water partition coefficient (Wildman–Crippen LogP) is 3.53. The third kappa shape index (κ3) is 7.18. The Labute approximate surface area is 106 Å². The summed E-state index contributed by atoms with van der Waals surface area (Å²) in [7, 11) is 0. The largest absolute Gasteiger partial charge is 0.393 e. The second-order valence-electron chi connectivity index (χ2n) is 5.66. The molecule has 0 aromatic carbocycles. The van der Waals surface area contributed by atoms with Gasteiger partial charge in [-0.15, -0.1) is 0 Å². The number of thiocarbonyl (C=S) groups is 1. The Bertz CT molecular complexity index is 214. The number of nitrogens with two attached hydrogens (primary N) is 1. The van der Waals surface area contributed by atoms with Crippen LogP contribution in [0.2, 0.25) is 0 Å². The molecule has 0 aromatic rings. The molecular weight excluding hydrogens is 218 g/mol. The van der Waals surface area contributed by atoms with Crippen molar-refractivity contribution in [2.24, 2.45) is 17.1 Å². The molecule has 2 nitrogen and oxygen atoms in total. The van der Waals surface area contributed by atoms with Gasteiger partial charge < -0.3 is 10.5 Å². The molecule has 0 aliphatic carbocycles. The molecule has 96 valence electrons. The van der Waals surface area contributed by atoms with E-state index in [1.807, 2.05) is 0 Å². The van der Waals surface area contributed by atoms with Crippen molar-refractivity contribution in [1.82, 2.24) is 0 Å². The maximum Gasteiger partial charge on any atom is 0.0784 e. The van der Waals surface area contributed by atoms with Gasteiger partial charge in [0.25, 0.3) is 0 Å². The van der Waals surface area contributed by atoms with Crippen LogP contribution in [-0.2, 0) is 4.74 Å². The Kier molecular flexibility index (Phi) is 7.16. The molecule has 0 aliphatic rings. The molecule has 0 amide bonds. The highest BCUT2D eigenvalue weighted by atomic mass is 32.1. The third-order valence-electron chi connectivity index (χ3n) is 2.82. The molecule has 0 saturated carbocycles. The van der Waals surface area contributed by atoms with Crippen LogP contribution in [0.5, 0.6) is 0 Å². The van der Waals surface area contributed by atoms with Crippen molar-refractivity contribution in [2.45, 2.75) is 60.0 Å². The molecule has 0 fully saturated rings. The summed E-state index contributed by atoms with van der Waals surface area (Å²) in [6.45, 7) is 11.6. The van der Waals surface area contributed by atoms with Gasteiger partial charge in [0.2, 0.25) is 0 Å². The second kappa shape index (κ2) is 7.23. The summed E-state index contributed by atoms with van der Waals surface area (Å²) in [6, 6.07) is 0. The highest BCUT2D eigenvalue weighted by Crippen LogP contribution is 2.22. The fourth-order valence-corrected chi connectivity index (χ4v) is 1.76. The van der Waals surface area contributed by atoms with Gasteiger partial charge in [0, 0.05) is 12.0 Å². The molecule has 0 bridgehead atoms. The molecule has 0 rings (SSSR count). The van der Waals surface area contributed by atoms with E-state index in [0.717, 1.165) is 25.9 Å². The molecule has 1 atom stereocenters. The highest BCUT2D eigenvalue weighted by Gasteiger charge is 2.20. The quantitative estimate of drug-likeness (QED) is 0.525. The van der Waals surface area contributed by atoms with Crippen molar-refractivity contribution in [3.8, 4) is 0 Å². The van der Waals surface area contributed by atoms with Crippen LogP contribution in [0, 0.1) is 11.3 Å². The fourth-order valence-electron chi connectivity index (χ4n) is 1.65. The van der Waals surface area contributed by atoms with Crippen molar-refractivity contribution in [3.05, 3.63) is 0 Å². The average molecular weight is 245 g/mol. The van der Waals surface area contributed by atoms with Gasteiger partial charge in [-0.1, -0.05) is 39.9 Å². The van der Waals surface area contributed by atoms with Crippen LogP contribution in [0.4, 0.5) is 0 Å². The van der Waals surface area contributed by atoms with Crippen molar-refractivity contribution in [2.75, 3.05) is 6.61 Å². The smallest absolute Gasteiger partial charge is 0.0784 e. The minimum atomic E-state index is -0.0417. The van der Waals surface area contributed by atoms with Gasteiger partial charge in [-0.25, -0.2) is 0 Å². The second-order valence-corrected chi connectivity index (χ2v) is 6.10. The van der Waals surface area contributed by atoms with Crippen LogP contribution in [0.25, 0.3) is 0 Å². The van der Waals surface area contributed by atoms with Crippen LogP contribution in [0.15, 0.2) is 0 Å². The molecule has 2 N–H and O–H groups in total. The average Bonchev–Trinajstić information content (AvgIpc) is 2.11. The van der Waals surface area contributed by atoms with E-state index in [2.05, 4.69) is 34.6 Å². The molecular formula is C13H27NOS. The van der Waals surface area contributed by atoms with Crippen LogP contribution >= 0.6 is 12.2 Å². The molecule has 3 heteroatoms. The normalized spacial score (nSPS) is 14.1. The van der Waals surface area contributed by atoms with Gasteiger partial charge in [0.15, 0.2) is 0 Å². The standard InChI is InChI=1S/C13H27NOS/c1-10(2)9-11(3)15-8-6-7-13(4,5)12(14)16/h10-11H,6-9H2,1-5H3,(H2,14,16). The Balaban J connectivity index is 3.64. The molecule has 1 unspecified atom stereocenters. The van der Waals surface area contributed by atoms with Crippen molar-refractivity contribution in [1.29, 1.82) is 0 Å². The van der Waals surface area contributed by atoms with Crippen LogP contribution < -0.4 is 5.73 Å². The van der Waals surface area contributed by atoms with Gasteiger partial charge in [-0.3, -0.25) is 0 Å². The zero-order valence-electron chi connectivity index (χ0n) is 11.4. The van der Waals surface area contributed by atoms with Gasteiger partial charge in [-0.2, -0.15) is 0 Å². The number of hydrogen-bond donors (Lipinski definition) is 1. The van der Waals surface area contributed by atoms with E-state index >= 15 is 0 Å². The van der Waals surface area contributed by atoms with Crippen LogP contribution in [0.1, 0.15) is 53.9 Å². The first-order valence-electron chi connectivity index (χ1n) is 6.17. The summed E-state index contributed by atoms with van der Waals surface area (Å²) in [5.41, 5.74) is 5.63. The molecule has 0 heterocycles. The first-order chi connectivity index (χ1) is 7.25. The maximum absolute atomic E-state index is 5.74. The third-order valence-corrected chi connectivity index (χ3v) is 3.37. The maximum atomic E-state index is 5.74. The van der Waals surface area contributed by atoms with Crippen molar-refractivity contribution < 1.29 is 4.74 Å². The Morgan fingerprint density at radius 1 is 1.31 bits per heavy atom. The number of hydrogen-bond acceptors (Lipinski definition) is 2. The lowest BCUT2D eigenvalue weighted by molar-refractivity contribution is 0.0472. The van der Waals surface area contributed by atoms with Gasteiger partial charge >= 0.3 is 0 Å². The molecule has 16 heavy (non-hydrogen) atoms. The zero-order chi connectivity index (χ0) is 12.8. The summed E-state index contributed by atoms with van der Waals surface area (Å²) in [5.74, 6) is 0.697. The summed E-state index contributed by atoms with van der Waals surface area (Å²) >= 11 is 5.03. The minimum Gasteiger partial charge on any atom is -0.393 e. The number of rotatable bonds is 8. The lowest BCUT2D eigenvalue weighted by Crippen LogP contribution is -2.30. The first-order valence-corrected chi connectivity index (χ1v) is 6.58. The predicted molar refractivity (Wildman–Crippen MR) is 74.7 cm³/mol. The van der Waals surface area contributed by atoms with Crippen LogP contribution in [0.3, 0.4) is 0 Å². The fraction of sp³-hybridized carbons (Fsp3) is 0.923. The SMILES string of the molecule is CC(C)CC(C)OCCCC(C)(C)C(N)=S. The minimum absolute atomic E-state index is 0.0417. The highest BCUT2D eigenvalue weighted by molar-refractivity contribution is 7.80. The van der Waals surface area contributed by atoms with Gasteiger partial charge in [-0.05, 0) is 32.1 Å². The summed E-state index contributed by atoms with van der Waals surface area (Å²) in [4.78, 5) is 0.600. The Morgan fingerprint density at radius 2 is 1.88 bits per heavy atom. The monoisotopic (exact) mass is 245 g/mol. The summed E-state index contributed by atoms with van der Waals surface area (Å²) in [5, 5.41) is 0. The molecule has 0 radical (unpaired) electrons. The van der Waals surface area contributed by atoms with Crippen molar-refractivity contribution in [3.63, 3.8) is 0 Å². The molecule has 0 aliphatic heterocycles. The van der Waals surface area contributed by atoms with Gasteiger partial charge in [0.05, 0.1) is 11.1 Å². The van der Waals surface area contributed by atoms with E-state index in [4.69, 9.17) is 22.7 Å². The topological polar surface area (TPSA) is 35.2 Å². The van der Waals surface area contributed by atoms with E-state index in [1.54, 1.807) is 0 Å². The van der Waals surface area contributed by atoms with E-state index in [9.17, 15) is 0 Å². The van der Waals surface area contributed by atoms with E-state index in [1.165, 1.54) is 0 Å². The van der Waals surface area contributed by atoms with Gasteiger partial charge in [0.1, 0.15) is 0 Å². The Morgan fingerprint density at radius 3 is 2.31 bits per heavy atom. The lowest BCUT2D eigenvalue weighted by Gasteiger charge is -2.23. The Hall–Kier alpha value is -0.150. The first kappa shape index (κ1) is 15.9. The van der Waals surface area contributed by atoms with E-state index in [-0.39, 0.29) is 5.41 Å². The molecule has 0 spiro atoms. The summed E-state index contributed by atoms with van der Waals surface area (Å²) in [6.07, 6.45) is 3.50. The van der Waals surface area contributed by atoms with Crippen molar-refractivity contribution >= 4 is 17.2 Å². The van der Waals surface area contributed by atoms with E-state index in [0.29, 0.717) is 17.0 Å². The lowest BCUT2D eigenvalue weighted by atomic mass is 9.88. The molecule has 0 aromatic heterocycles. The molecule has 0 saturated heterocycles. The van der Waals surface area contributed by atoms with Crippen LogP contribution in [-0.4, -0.2) is 17.7 Å². The summed E-state index contributed by atoms with van der Waals surface area (Å²) < 4.78 is 5.74.